The Bertz CT molecular complexity index is 2630. The monoisotopic (exact) mass is 668 g/mol. The van der Waals surface area contributed by atoms with Crippen LogP contribution in [0.3, 0.4) is 0 Å². The van der Waals surface area contributed by atoms with Crippen molar-refractivity contribution in [2.45, 2.75) is 61.9 Å². The number of hydrogen-bond acceptors (Lipinski definition) is 4. The maximum absolute atomic E-state index is 6.64. The van der Waals surface area contributed by atoms with E-state index >= 15 is 0 Å². The van der Waals surface area contributed by atoms with Crippen molar-refractivity contribution in [1.82, 2.24) is 0 Å². The van der Waals surface area contributed by atoms with Gasteiger partial charge >= 0.3 is 7.12 Å². The van der Waals surface area contributed by atoms with Crippen LogP contribution in [-0.2, 0) is 9.31 Å². The van der Waals surface area contributed by atoms with Crippen molar-refractivity contribution < 1.29 is 13.7 Å². The van der Waals surface area contributed by atoms with Crippen LogP contribution in [0.2, 0.25) is 0 Å². The number of hydrogen-bond donors (Lipinski definition) is 0. The second-order valence-electron chi connectivity index (χ2n) is 15.3. The van der Waals surface area contributed by atoms with Crippen molar-refractivity contribution >= 4 is 79.0 Å². The Kier molecular flexibility index (Phi) is 6.36. The summed E-state index contributed by atoms with van der Waals surface area (Å²) in [6, 6.07) is 39.6. The largest absolute Gasteiger partial charge is 0.495 e. The SMILES string of the molecule is CC12CC=C(c3cc(-c4ccc5ccccc5c4)cc4cc5oc6ccccc6c5cc34)C=C1c1c(cccc1B1OC(C)(C)C(C)(C)O1)S2. The molecule has 10 rings (SSSR count). The molecule has 0 radical (unpaired) electrons. The Hall–Kier alpha value is -4.55. The number of para-hydroxylation sites is 1. The summed E-state index contributed by atoms with van der Waals surface area (Å²) in [5.41, 5.74) is 9.62. The van der Waals surface area contributed by atoms with Crippen LogP contribution in [0.15, 0.2) is 131 Å². The Balaban J connectivity index is 1.18. The van der Waals surface area contributed by atoms with E-state index in [0.717, 1.165) is 33.8 Å². The van der Waals surface area contributed by atoms with Gasteiger partial charge in [-0.2, -0.15) is 0 Å². The lowest BCUT2D eigenvalue weighted by Crippen LogP contribution is -2.41. The van der Waals surface area contributed by atoms with Gasteiger partial charge in [0.2, 0.25) is 0 Å². The molecule has 1 atom stereocenters. The molecule has 1 aliphatic carbocycles. The quantitative estimate of drug-likeness (QED) is 0.175. The highest BCUT2D eigenvalue weighted by molar-refractivity contribution is 8.01. The minimum Gasteiger partial charge on any atom is -0.456 e. The van der Waals surface area contributed by atoms with E-state index in [2.05, 4.69) is 150 Å². The van der Waals surface area contributed by atoms with Crippen LogP contribution in [0.5, 0.6) is 0 Å². The molecule has 0 amide bonds. The van der Waals surface area contributed by atoms with Crippen LogP contribution in [0.1, 0.15) is 52.2 Å². The fraction of sp³-hybridized carbons (Fsp3) is 0.200. The third-order valence-corrected chi connectivity index (χ3v) is 13.0. The molecular formula is C45H37BO3S. The molecule has 1 aromatic heterocycles. The van der Waals surface area contributed by atoms with E-state index < -0.39 is 18.3 Å². The molecule has 5 heteroatoms. The first-order valence-electron chi connectivity index (χ1n) is 17.6. The highest BCUT2D eigenvalue weighted by Gasteiger charge is 2.53. The van der Waals surface area contributed by atoms with Crippen molar-refractivity contribution in [2.24, 2.45) is 0 Å². The Morgan fingerprint density at radius 3 is 2.22 bits per heavy atom. The molecule has 0 saturated carbocycles. The van der Waals surface area contributed by atoms with E-state index in [9.17, 15) is 0 Å². The van der Waals surface area contributed by atoms with Crippen LogP contribution < -0.4 is 5.46 Å². The van der Waals surface area contributed by atoms with Gasteiger partial charge in [0.25, 0.3) is 0 Å². The predicted octanol–water partition coefficient (Wildman–Crippen LogP) is 11.6. The standard InChI is InChI=1S/C45H37BO3S/c1-43(2)44(3,4)49-46(48-43)38-14-10-16-41-42(38)37-24-30(19-20-45(37,5)50-41)34-23-31(29-18-17-27-11-6-7-12-28(27)21-29)22-32-25-40-36(26-35(32)34)33-13-8-9-15-39(33)47-40/h6-19,21-26H,20H2,1-5H3. The molecule has 0 N–H and O–H groups in total. The van der Waals surface area contributed by atoms with Gasteiger partial charge in [-0.15, -0.1) is 11.8 Å². The maximum atomic E-state index is 6.64. The number of furan rings is 1. The van der Waals surface area contributed by atoms with Crippen LogP contribution in [0.25, 0.3) is 65.8 Å². The van der Waals surface area contributed by atoms with Gasteiger partial charge in [0.15, 0.2) is 0 Å². The maximum Gasteiger partial charge on any atom is 0.495 e. The fourth-order valence-corrected chi connectivity index (χ4v) is 9.49. The molecule has 1 unspecified atom stereocenters. The first-order valence-corrected chi connectivity index (χ1v) is 18.4. The van der Waals surface area contributed by atoms with Crippen molar-refractivity contribution in [3.05, 3.63) is 132 Å². The van der Waals surface area contributed by atoms with Gasteiger partial charge in [0.05, 0.1) is 11.2 Å². The Morgan fingerprint density at radius 2 is 1.38 bits per heavy atom. The van der Waals surface area contributed by atoms with Gasteiger partial charge in [-0.05, 0) is 150 Å². The molecule has 3 heterocycles. The molecule has 6 aromatic carbocycles. The van der Waals surface area contributed by atoms with E-state index in [1.54, 1.807) is 0 Å². The summed E-state index contributed by atoms with van der Waals surface area (Å²) in [7, 11) is -0.423. The van der Waals surface area contributed by atoms with E-state index in [4.69, 9.17) is 13.7 Å². The minimum absolute atomic E-state index is 0.0780. The van der Waals surface area contributed by atoms with Gasteiger partial charge in [-0.3, -0.25) is 0 Å². The Morgan fingerprint density at radius 1 is 0.620 bits per heavy atom. The molecule has 7 aromatic rings. The summed E-state index contributed by atoms with van der Waals surface area (Å²) in [5, 5.41) is 7.17. The number of thioether (sulfide) groups is 1. The van der Waals surface area contributed by atoms with Crippen LogP contribution in [0.4, 0.5) is 0 Å². The second kappa shape index (κ2) is 10.5. The summed E-state index contributed by atoms with van der Waals surface area (Å²) in [6.07, 6.45) is 5.83. The van der Waals surface area contributed by atoms with Crippen molar-refractivity contribution in [3.8, 4) is 11.1 Å². The number of allylic oxidation sites excluding steroid dienone is 3. The molecular weight excluding hydrogens is 631 g/mol. The first-order chi connectivity index (χ1) is 24.1. The number of fused-ring (bicyclic) bond motifs is 8. The lowest BCUT2D eigenvalue weighted by atomic mass is 9.71. The predicted molar refractivity (Wildman–Crippen MR) is 211 cm³/mol. The van der Waals surface area contributed by atoms with Gasteiger partial charge < -0.3 is 13.7 Å². The summed E-state index contributed by atoms with van der Waals surface area (Å²) in [5.74, 6) is 0. The highest BCUT2D eigenvalue weighted by Crippen LogP contribution is 2.57. The smallest absolute Gasteiger partial charge is 0.456 e. The average Bonchev–Trinajstić information content (AvgIpc) is 3.70. The minimum atomic E-state index is -0.423. The molecule has 3 aliphatic rings. The zero-order valence-corrected chi connectivity index (χ0v) is 29.8. The van der Waals surface area contributed by atoms with Crippen LogP contribution in [0, 0.1) is 0 Å². The topological polar surface area (TPSA) is 31.6 Å². The number of rotatable bonds is 3. The zero-order valence-electron chi connectivity index (χ0n) is 29.0. The molecule has 3 nitrogen and oxygen atoms in total. The van der Waals surface area contributed by atoms with Crippen molar-refractivity contribution in [3.63, 3.8) is 0 Å². The summed E-state index contributed by atoms with van der Waals surface area (Å²) >= 11 is 1.97. The second-order valence-corrected chi connectivity index (χ2v) is 16.9. The first kappa shape index (κ1) is 30.3. The Labute approximate surface area is 297 Å². The van der Waals surface area contributed by atoms with Crippen LogP contribution in [-0.4, -0.2) is 23.1 Å². The summed E-state index contributed by atoms with van der Waals surface area (Å²) in [4.78, 5) is 1.29. The molecule has 1 saturated heterocycles. The molecule has 2 aliphatic heterocycles. The van der Waals surface area contributed by atoms with Gasteiger partial charge in [0.1, 0.15) is 11.2 Å². The fourth-order valence-electron chi connectivity index (χ4n) is 8.09. The van der Waals surface area contributed by atoms with Crippen molar-refractivity contribution in [2.75, 3.05) is 0 Å². The van der Waals surface area contributed by atoms with Crippen molar-refractivity contribution in [1.29, 1.82) is 0 Å². The zero-order chi connectivity index (χ0) is 34.0. The summed E-state index contributed by atoms with van der Waals surface area (Å²) in [6.45, 7) is 10.9. The van der Waals surface area contributed by atoms with Gasteiger partial charge in [-0.1, -0.05) is 72.8 Å². The normalized spacial score (nSPS) is 20.8. The molecule has 0 bridgehead atoms. The summed E-state index contributed by atoms with van der Waals surface area (Å²) < 4.78 is 19.6. The molecule has 50 heavy (non-hydrogen) atoms. The van der Waals surface area contributed by atoms with E-state index in [0.29, 0.717) is 0 Å². The van der Waals surface area contributed by atoms with E-state index in [1.807, 2.05) is 17.8 Å². The third-order valence-electron chi connectivity index (χ3n) is 11.6. The van der Waals surface area contributed by atoms with E-state index in [-0.39, 0.29) is 4.75 Å². The molecule has 1 fully saturated rings. The highest BCUT2D eigenvalue weighted by atomic mass is 32.2. The third kappa shape index (κ3) is 4.46. The van der Waals surface area contributed by atoms with E-state index in [1.165, 1.54) is 59.8 Å². The number of benzene rings is 6. The molecule has 244 valence electrons. The molecule has 0 spiro atoms. The lowest BCUT2D eigenvalue weighted by molar-refractivity contribution is 0.00578. The van der Waals surface area contributed by atoms with Gasteiger partial charge in [-0.25, -0.2) is 0 Å². The van der Waals surface area contributed by atoms with Gasteiger partial charge in [0, 0.05) is 20.4 Å². The van der Waals surface area contributed by atoms with Crippen LogP contribution >= 0.6 is 11.8 Å². The lowest BCUT2D eigenvalue weighted by Gasteiger charge is -2.32. The average molecular weight is 669 g/mol.